The Hall–Kier alpha value is -2.87. The van der Waals surface area contributed by atoms with Crippen molar-refractivity contribution in [1.82, 2.24) is 0 Å². The molecule has 0 saturated carbocycles. The quantitative estimate of drug-likeness (QED) is 0.655. The molecule has 0 heterocycles. The molecule has 126 valence electrons. The Labute approximate surface area is 149 Å². The van der Waals surface area contributed by atoms with Crippen molar-refractivity contribution in [3.8, 4) is 0 Å². The van der Waals surface area contributed by atoms with Crippen molar-refractivity contribution < 1.29 is 0 Å². The maximum Gasteiger partial charge on any atom is 0.0813 e. The van der Waals surface area contributed by atoms with Crippen molar-refractivity contribution in [2.75, 3.05) is 5.32 Å². The Kier molecular flexibility index (Phi) is 5.63. The van der Waals surface area contributed by atoms with E-state index in [0.717, 1.165) is 11.0 Å². The van der Waals surface area contributed by atoms with E-state index in [4.69, 9.17) is 4.99 Å². The minimum atomic E-state index is 0.108. The Bertz CT molecular complexity index is 857. The molecule has 3 aromatic rings. The second-order valence-corrected chi connectivity index (χ2v) is 6.20. The van der Waals surface area contributed by atoms with E-state index >= 15 is 0 Å². The first-order valence-corrected chi connectivity index (χ1v) is 8.73. The molecule has 3 rings (SSSR count). The van der Waals surface area contributed by atoms with Crippen LogP contribution in [0, 0.1) is 0 Å². The summed E-state index contributed by atoms with van der Waals surface area (Å²) in [6, 6.07) is 31.5. The molecule has 0 radical (unpaired) electrons. The lowest BCUT2D eigenvalue weighted by molar-refractivity contribution is 0.788. The number of hydrogen-bond acceptors (Lipinski definition) is 2. The molecular formula is C23H24N2. The summed E-state index contributed by atoms with van der Waals surface area (Å²) in [4.78, 5) is 4.95. The van der Waals surface area contributed by atoms with Gasteiger partial charge in [0.1, 0.15) is 0 Å². The average Bonchev–Trinajstić information content (AvgIpc) is 2.88. The summed E-state index contributed by atoms with van der Waals surface area (Å²) in [6.07, 6.45) is 0. The molecule has 0 unspecified atom stereocenters. The highest BCUT2D eigenvalue weighted by Gasteiger charge is 2.07. The Morgan fingerprint density at radius 2 is 1.16 bits per heavy atom. The summed E-state index contributed by atoms with van der Waals surface area (Å²) in [5, 5.41) is 4.59. The molecule has 0 amide bonds. The SMILES string of the molecule is C[C@H](N=c1cccccc1N[C@@H](C)c1ccccc1)c1ccccc1. The van der Waals surface area contributed by atoms with Crippen LogP contribution >= 0.6 is 0 Å². The molecular weight excluding hydrogens is 304 g/mol. The molecule has 0 saturated heterocycles. The maximum absolute atomic E-state index is 4.95. The lowest BCUT2D eigenvalue weighted by Gasteiger charge is -2.15. The van der Waals surface area contributed by atoms with E-state index in [2.05, 4.69) is 79.8 Å². The van der Waals surface area contributed by atoms with E-state index in [-0.39, 0.29) is 12.1 Å². The Morgan fingerprint density at radius 3 is 1.80 bits per heavy atom. The zero-order valence-electron chi connectivity index (χ0n) is 14.8. The van der Waals surface area contributed by atoms with Gasteiger partial charge >= 0.3 is 0 Å². The minimum Gasteiger partial charge on any atom is -0.377 e. The molecule has 0 aliphatic heterocycles. The van der Waals surface area contributed by atoms with Gasteiger partial charge in [-0.05, 0) is 37.1 Å². The standard InChI is InChI=1S/C23H24N2/c1-18(20-12-6-3-7-13-20)24-22-16-10-5-11-17-23(22)25-19(2)21-14-8-4-9-15-21/h3-19H,1-2H3,(H,24,25)/t18-,19-/m0/s1. The van der Waals surface area contributed by atoms with Gasteiger partial charge in [0.2, 0.25) is 0 Å². The molecule has 0 bridgehead atoms. The molecule has 0 aliphatic rings. The van der Waals surface area contributed by atoms with Crippen LogP contribution in [-0.2, 0) is 0 Å². The van der Waals surface area contributed by atoms with Crippen LogP contribution in [0.1, 0.15) is 37.1 Å². The fourth-order valence-electron chi connectivity index (χ4n) is 2.85. The van der Waals surface area contributed by atoms with Crippen molar-refractivity contribution in [3.63, 3.8) is 0 Å². The van der Waals surface area contributed by atoms with Crippen LogP contribution in [0.5, 0.6) is 0 Å². The summed E-state index contributed by atoms with van der Waals surface area (Å²) in [7, 11) is 0. The van der Waals surface area contributed by atoms with Crippen LogP contribution in [0.3, 0.4) is 0 Å². The van der Waals surface area contributed by atoms with Gasteiger partial charge in [0.15, 0.2) is 0 Å². The topological polar surface area (TPSA) is 24.4 Å². The van der Waals surface area contributed by atoms with Gasteiger partial charge in [0.25, 0.3) is 0 Å². The summed E-state index contributed by atoms with van der Waals surface area (Å²) in [5.41, 5.74) is 3.52. The van der Waals surface area contributed by atoms with E-state index in [1.807, 2.05) is 30.3 Å². The zero-order valence-corrected chi connectivity index (χ0v) is 14.8. The highest BCUT2D eigenvalue weighted by molar-refractivity contribution is 5.44. The smallest absolute Gasteiger partial charge is 0.0813 e. The van der Waals surface area contributed by atoms with E-state index in [9.17, 15) is 0 Å². The van der Waals surface area contributed by atoms with Crippen LogP contribution < -0.4 is 10.7 Å². The predicted molar refractivity (Wildman–Crippen MR) is 105 cm³/mol. The van der Waals surface area contributed by atoms with Gasteiger partial charge in [-0.2, -0.15) is 0 Å². The molecule has 2 heteroatoms. The second-order valence-electron chi connectivity index (χ2n) is 6.20. The van der Waals surface area contributed by atoms with E-state index < -0.39 is 0 Å². The van der Waals surface area contributed by atoms with Crippen LogP contribution in [-0.4, -0.2) is 0 Å². The van der Waals surface area contributed by atoms with Gasteiger partial charge in [-0.25, -0.2) is 0 Å². The average molecular weight is 328 g/mol. The second kappa shape index (κ2) is 8.29. The predicted octanol–water partition coefficient (Wildman–Crippen LogP) is 5.52. The monoisotopic (exact) mass is 328 g/mol. The highest BCUT2D eigenvalue weighted by atomic mass is 14.9. The molecule has 1 N–H and O–H groups in total. The lowest BCUT2D eigenvalue weighted by Crippen LogP contribution is -2.14. The van der Waals surface area contributed by atoms with Crippen LogP contribution in [0.4, 0.5) is 5.69 Å². The third-order valence-corrected chi connectivity index (χ3v) is 4.30. The van der Waals surface area contributed by atoms with E-state index in [0.29, 0.717) is 0 Å². The van der Waals surface area contributed by atoms with Gasteiger partial charge in [-0.3, -0.25) is 4.99 Å². The zero-order chi connectivity index (χ0) is 17.5. The van der Waals surface area contributed by atoms with E-state index in [1.165, 1.54) is 11.1 Å². The third kappa shape index (κ3) is 4.57. The lowest BCUT2D eigenvalue weighted by atomic mass is 10.1. The fraction of sp³-hybridized carbons (Fsp3) is 0.174. The van der Waals surface area contributed by atoms with Crippen molar-refractivity contribution >= 4 is 5.69 Å². The molecule has 0 aromatic heterocycles. The van der Waals surface area contributed by atoms with Crippen molar-refractivity contribution in [3.05, 3.63) is 107 Å². The summed E-state index contributed by atoms with van der Waals surface area (Å²) in [5.74, 6) is 0. The van der Waals surface area contributed by atoms with Gasteiger partial charge in [-0.1, -0.05) is 78.9 Å². The molecule has 0 aliphatic carbocycles. The number of nitrogens with zero attached hydrogens (tertiary/aromatic N) is 1. The van der Waals surface area contributed by atoms with Crippen molar-refractivity contribution in [2.24, 2.45) is 4.99 Å². The van der Waals surface area contributed by atoms with Crippen LogP contribution in [0.25, 0.3) is 0 Å². The molecule has 25 heavy (non-hydrogen) atoms. The Balaban J connectivity index is 1.93. The van der Waals surface area contributed by atoms with Crippen LogP contribution in [0.15, 0.2) is 96.0 Å². The normalized spacial score (nSPS) is 13.9. The van der Waals surface area contributed by atoms with Crippen molar-refractivity contribution in [2.45, 2.75) is 25.9 Å². The summed E-state index contributed by atoms with van der Waals surface area (Å²) < 4.78 is 0. The van der Waals surface area contributed by atoms with Gasteiger partial charge in [0, 0.05) is 6.04 Å². The number of anilines is 1. The molecule has 0 spiro atoms. The number of hydrogen-bond donors (Lipinski definition) is 1. The molecule has 0 fully saturated rings. The third-order valence-electron chi connectivity index (χ3n) is 4.30. The molecule has 2 atom stereocenters. The van der Waals surface area contributed by atoms with Gasteiger partial charge in [-0.15, -0.1) is 0 Å². The number of nitrogens with one attached hydrogen (secondary N) is 1. The number of benzene rings is 2. The first-order chi connectivity index (χ1) is 12.2. The number of rotatable bonds is 5. The first kappa shape index (κ1) is 17.0. The van der Waals surface area contributed by atoms with Crippen LogP contribution in [0.2, 0.25) is 0 Å². The highest BCUT2D eigenvalue weighted by Crippen LogP contribution is 2.18. The van der Waals surface area contributed by atoms with E-state index in [1.54, 1.807) is 0 Å². The summed E-state index contributed by atoms with van der Waals surface area (Å²) >= 11 is 0. The largest absolute Gasteiger partial charge is 0.377 e. The molecule has 3 aromatic carbocycles. The van der Waals surface area contributed by atoms with Gasteiger partial charge < -0.3 is 5.32 Å². The fourth-order valence-corrected chi connectivity index (χ4v) is 2.85. The minimum absolute atomic E-state index is 0.108. The summed E-state index contributed by atoms with van der Waals surface area (Å²) in [6.45, 7) is 4.31. The molecule has 2 nitrogen and oxygen atoms in total. The first-order valence-electron chi connectivity index (χ1n) is 8.73. The maximum atomic E-state index is 4.95. The van der Waals surface area contributed by atoms with Crippen molar-refractivity contribution in [1.29, 1.82) is 0 Å². The Morgan fingerprint density at radius 1 is 0.640 bits per heavy atom. The van der Waals surface area contributed by atoms with Gasteiger partial charge in [0.05, 0.1) is 17.1 Å².